The van der Waals surface area contributed by atoms with E-state index in [0.29, 0.717) is 18.6 Å². The normalized spacial score (nSPS) is 19.6. The molecule has 1 aliphatic carbocycles. The van der Waals surface area contributed by atoms with Gasteiger partial charge < -0.3 is 9.63 Å². The van der Waals surface area contributed by atoms with E-state index in [4.69, 9.17) is 4.52 Å². The number of rotatable bonds is 2. The van der Waals surface area contributed by atoms with Crippen LogP contribution in [0.15, 0.2) is 32.3 Å². The van der Waals surface area contributed by atoms with Gasteiger partial charge in [0.2, 0.25) is 5.82 Å². The molecule has 1 aliphatic rings. The van der Waals surface area contributed by atoms with Gasteiger partial charge in [0.25, 0.3) is 0 Å². The lowest BCUT2D eigenvalue weighted by molar-refractivity contribution is -0.118. The largest absolute Gasteiger partial charge is 0.510 e. The highest BCUT2D eigenvalue weighted by molar-refractivity contribution is 5.96. The molecule has 2 rings (SSSR count). The molecule has 6 heteroatoms. The fourth-order valence-corrected chi connectivity index (χ4v) is 2.16. The van der Waals surface area contributed by atoms with Crippen molar-refractivity contribution in [3.8, 4) is 0 Å². The van der Waals surface area contributed by atoms with Gasteiger partial charge in [0, 0.05) is 24.3 Å². The van der Waals surface area contributed by atoms with E-state index in [0.717, 1.165) is 0 Å². The lowest BCUT2D eigenvalue weighted by Gasteiger charge is -2.27. The van der Waals surface area contributed by atoms with Gasteiger partial charge in [-0.15, -0.1) is 10.2 Å². The van der Waals surface area contributed by atoms with E-state index >= 15 is 0 Å². The summed E-state index contributed by atoms with van der Waals surface area (Å²) < 4.78 is 5.19. The molecule has 0 aliphatic heterocycles. The van der Waals surface area contributed by atoms with E-state index in [1.807, 2.05) is 34.6 Å². The van der Waals surface area contributed by atoms with Gasteiger partial charge in [-0.05, 0) is 5.41 Å². The minimum Gasteiger partial charge on any atom is -0.510 e. The van der Waals surface area contributed by atoms with Crippen LogP contribution in [0.3, 0.4) is 0 Å². The van der Waals surface area contributed by atoms with E-state index in [2.05, 4.69) is 15.4 Å². The fourth-order valence-electron chi connectivity index (χ4n) is 2.16. The Balaban J connectivity index is 2.21. The molecule has 114 valence electrons. The van der Waals surface area contributed by atoms with Crippen molar-refractivity contribution >= 4 is 11.6 Å². The van der Waals surface area contributed by atoms with Gasteiger partial charge >= 0.3 is 0 Å². The second-order valence-corrected chi connectivity index (χ2v) is 7.24. The predicted octanol–water partition coefficient (Wildman–Crippen LogP) is 4.21. The van der Waals surface area contributed by atoms with Crippen LogP contribution in [0.4, 0.5) is 5.82 Å². The van der Waals surface area contributed by atoms with Crippen molar-refractivity contribution in [2.24, 2.45) is 15.6 Å². The number of hydrogen-bond donors (Lipinski definition) is 1. The van der Waals surface area contributed by atoms with Crippen molar-refractivity contribution in [2.45, 2.75) is 52.9 Å². The zero-order chi connectivity index (χ0) is 15.8. The lowest BCUT2D eigenvalue weighted by Crippen LogP contribution is -2.25. The lowest BCUT2D eigenvalue weighted by atomic mass is 9.78. The molecule has 0 fully saturated rings. The van der Waals surface area contributed by atoms with E-state index < -0.39 is 0 Å². The van der Waals surface area contributed by atoms with Crippen LogP contribution in [0.25, 0.3) is 0 Å². The van der Waals surface area contributed by atoms with Crippen molar-refractivity contribution in [1.82, 2.24) is 5.16 Å². The second kappa shape index (κ2) is 5.09. The summed E-state index contributed by atoms with van der Waals surface area (Å²) >= 11 is 0. The van der Waals surface area contributed by atoms with Gasteiger partial charge in [-0.3, -0.25) is 4.79 Å². The standard InChI is InChI=1S/C15H21N3O3/c1-14(2,3)11-6-12(18-21-11)16-17-13-9(19)7-15(4,5)8-10(13)20/h6,19H,7-8H2,1-5H3. The van der Waals surface area contributed by atoms with Gasteiger partial charge in [-0.1, -0.05) is 39.8 Å². The minimum absolute atomic E-state index is 0.0143. The van der Waals surface area contributed by atoms with Crippen LogP contribution >= 0.6 is 0 Å². The number of nitrogens with zero attached hydrogens (tertiary/aromatic N) is 3. The van der Waals surface area contributed by atoms with Gasteiger partial charge in [-0.2, -0.15) is 0 Å². The number of hydrogen-bond acceptors (Lipinski definition) is 6. The first-order chi connectivity index (χ1) is 9.58. The Morgan fingerprint density at radius 3 is 2.48 bits per heavy atom. The number of ketones is 1. The molecule has 0 unspecified atom stereocenters. The summed E-state index contributed by atoms with van der Waals surface area (Å²) in [5.41, 5.74) is -0.394. The average molecular weight is 291 g/mol. The number of aliphatic hydroxyl groups excluding tert-OH is 1. The average Bonchev–Trinajstić information content (AvgIpc) is 2.74. The number of aliphatic hydroxyl groups is 1. The molecule has 1 N–H and O–H groups in total. The quantitative estimate of drug-likeness (QED) is 0.826. The van der Waals surface area contributed by atoms with Crippen molar-refractivity contribution in [2.75, 3.05) is 0 Å². The topological polar surface area (TPSA) is 88.0 Å². The molecule has 1 aromatic rings. The Bertz CT molecular complexity index is 618. The Morgan fingerprint density at radius 2 is 1.95 bits per heavy atom. The zero-order valence-corrected chi connectivity index (χ0v) is 13.1. The van der Waals surface area contributed by atoms with E-state index in [-0.39, 0.29) is 33.9 Å². The molecule has 0 atom stereocenters. The van der Waals surface area contributed by atoms with Crippen LogP contribution in [0.5, 0.6) is 0 Å². The number of allylic oxidation sites excluding steroid dienone is 2. The van der Waals surface area contributed by atoms with Crippen LogP contribution in [-0.4, -0.2) is 16.0 Å². The van der Waals surface area contributed by atoms with Crippen molar-refractivity contribution in [3.05, 3.63) is 23.3 Å². The summed E-state index contributed by atoms with van der Waals surface area (Å²) in [7, 11) is 0. The minimum atomic E-state index is -0.243. The van der Waals surface area contributed by atoms with Crippen LogP contribution in [0.1, 0.15) is 53.2 Å². The van der Waals surface area contributed by atoms with Crippen LogP contribution < -0.4 is 0 Å². The molecule has 6 nitrogen and oxygen atoms in total. The van der Waals surface area contributed by atoms with Gasteiger partial charge in [-0.25, -0.2) is 0 Å². The summed E-state index contributed by atoms with van der Waals surface area (Å²) in [4.78, 5) is 12.0. The zero-order valence-electron chi connectivity index (χ0n) is 13.1. The molecule has 0 spiro atoms. The summed E-state index contributed by atoms with van der Waals surface area (Å²) in [6.07, 6.45) is 0.761. The first-order valence-electron chi connectivity index (χ1n) is 6.93. The highest BCUT2D eigenvalue weighted by Crippen LogP contribution is 2.36. The molecule has 0 radical (unpaired) electrons. The molecule has 0 aromatic carbocycles. The maximum absolute atomic E-state index is 12.0. The van der Waals surface area contributed by atoms with Gasteiger partial charge in [0.05, 0.1) is 0 Å². The number of carbonyl (C=O) groups excluding carboxylic acids is 1. The van der Waals surface area contributed by atoms with Crippen LogP contribution in [0.2, 0.25) is 0 Å². The maximum Gasteiger partial charge on any atom is 0.217 e. The highest BCUT2D eigenvalue weighted by Gasteiger charge is 2.33. The molecular weight excluding hydrogens is 270 g/mol. The third-order valence-electron chi connectivity index (χ3n) is 3.31. The predicted molar refractivity (Wildman–Crippen MR) is 77.4 cm³/mol. The van der Waals surface area contributed by atoms with Gasteiger partial charge in [0.1, 0.15) is 11.5 Å². The Labute approximate surface area is 123 Å². The summed E-state index contributed by atoms with van der Waals surface area (Å²) in [6, 6.07) is 1.68. The smallest absolute Gasteiger partial charge is 0.217 e. The van der Waals surface area contributed by atoms with Crippen molar-refractivity contribution in [3.63, 3.8) is 0 Å². The Kier molecular flexibility index (Phi) is 3.74. The molecule has 0 bridgehead atoms. The Hall–Kier alpha value is -1.98. The first-order valence-corrected chi connectivity index (χ1v) is 6.93. The molecule has 1 aromatic heterocycles. The molecule has 0 saturated carbocycles. The van der Waals surface area contributed by atoms with E-state index in [9.17, 15) is 9.90 Å². The number of aromatic nitrogens is 1. The van der Waals surface area contributed by atoms with E-state index in [1.54, 1.807) is 6.07 Å². The number of Topliss-reactive ketones (excluding diaryl/α,β-unsaturated/α-hetero) is 1. The van der Waals surface area contributed by atoms with Crippen molar-refractivity contribution in [1.29, 1.82) is 0 Å². The molecule has 0 amide bonds. The second-order valence-electron chi connectivity index (χ2n) is 7.24. The summed E-state index contributed by atoms with van der Waals surface area (Å²) in [5, 5.41) is 21.5. The highest BCUT2D eigenvalue weighted by atomic mass is 16.5. The monoisotopic (exact) mass is 291 g/mol. The summed E-state index contributed by atoms with van der Waals surface area (Å²) in [5.74, 6) is 0.759. The molecule has 21 heavy (non-hydrogen) atoms. The third kappa shape index (κ3) is 3.56. The SMILES string of the molecule is CC1(C)CC(=O)C(N=Nc2cc(C(C)(C)C)on2)=C(O)C1. The number of carbonyl (C=O) groups is 1. The molecular formula is C15H21N3O3. The Morgan fingerprint density at radius 1 is 1.29 bits per heavy atom. The maximum atomic E-state index is 12.0. The van der Waals surface area contributed by atoms with E-state index in [1.165, 1.54) is 0 Å². The van der Waals surface area contributed by atoms with Gasteiger partial charge in [0.15, 0.2) is 11.5 Å². The van der Waals surface area contributed by atoms with Crippen molar-refractivity contribution < 1.29 is 14.4 Å². The molecule has 1 heterocycles. The third-order valence-corrected chi connectivity index (χ3v) is 3.31. The van der Waals surface area contributed by atoms with Crippen LogP contribution in [0, 0.1) is 5.41 Å². The summed E-state index contributed by atoms with van der Waals surface area (Å²) in [6.45, 7) is 9.85. The molecule has 0 saturated heterocycles. The number of azo groups is 1. The van der Waals surface area contributed by atoms with Crippen LogP contribution in [-0.2, 0) is 10.2 Å². The fraction of sp³-hybridized carbons (Fsp3) is 0.600. The first kappa shape index (κ1) is 15.4.